The second-order valence-electron chi connectivity index (χ2n) is 11.5. The number of nitrogens with zero attached hydrogens (tertiary/aromatic N) is 2. The maximum Gasteiger partial charge on any atom is 0.338 e. The van der Waals surface area contributed by atoms with Crippen LogP contribution in [0.25, 0.3) is 33.2 Å². The minimum absolute atomic E-state index is 0.0292. The van der Waals surface area contributed by atoms with E-state index < -0.39 is 5.97 Å². The number of H-pyrrole nitrogens is 2. The summed E-state index contributed by atoms with van der Waals surface area (Å²) in [6.07, 6.45) is 3.54. The summed E-state index contributed by atoms with van der Waals surface area (Å²) < 4.78 is 4.96. The van der Waals surface area contributed by atoms with Crippen LogP contribution in [0.15, 0.2) is 18.2 Å². The molecule has 3 aromatic rings. The van der Waals surface area contributed by atoms with Gasteiger partial charge in [-0.05, 0) is 92.5 Å². The van der Waals surface area contributed by atoms with Crippen molar-refractivity contribution < 1.29 is 19.4 Å². The first-order valence-corrected chi connectivity index (χ1v) is 14.4. The van der Waals surface area contributed by atoms with E-state index in [4.69, 9.17) is 14.7 Å². The van der Waals surface area contributed by atoms with Crippen molar-refractivity contribution in [2.75, 3.05) is 7.11 Å². The van der Waals surface area contributed by atoms with Gasteiger partial charge in [-0.2, -0.15) is 0 Å². The van der Waals surface area contributed by atoms with Gasteiger partial charge < -0.3 is 19.8 Å². The number of rotatable bonds is 5. The zero-order valence-corrected chi connectivity index (χ0v) is 24.5. The molecule has 3 aliphatic rings. The van der Waals surface area contributed by atoms with Gasteiger partial charge in [0.1, 0.15) is 0 Å². The molecular formula is C33H36N4O4. The van der Waals surface area contributed by atoms with Crippen LogP contribution in [0, 0.1) is 13.8 Å². The van der Waals surface area contributed by atoms with E-state index in [2.05, 4.69) is 43.7 Å². The molecule has 1 unspecified atom stereocenters. The summed E-state index contributed by atoms with van der Waals surface area (Å²) in [5.41, 5.74) is 13.8. The van der Waals surface area contributed by atoms with Gasteiger partial charge in [-0.3, -0.25) is 9.78 Å². The number of hydrogen-bond donors (Lipinski definition) is 3. The number of carbonyl (C=O) groups excluding carboxylic acids is 1. The molecule has 8 bridgehead atoms. The van der Waals surface area contributed by atoms with Crippen molar-refractivity contribution in [1.82, 2.24) is 19.9 Å². The van der Waals surface area contributed by atoms with Crippen LogP contribution in [-0.2, 0) is 22.4 Å². The first-order valence-electron chi connectivity index (χ1n) is 14.4. The first-order chi connectivity index (χ1) is 19.6. The summed E-state index contributed by atoms with van der Waals surface area (Å²) in [6, 6.07) is 6.01. The van der Waals surface area contributed by atoms with Gasteiger partial charge in [0.15, 0.2) is 0 Å². The maximum atomic E-state index is 12.4. The number of methoxy groups -OCH3 is 1. The Morgan fingerprint density at radius 3 is 2.44 bits per heavy atom. The molecule has 8 heteroatoms. The number of aryl methyl sites for hydroxylation is 3. The summed E-state index contributed by atoms with van der Waals surface area (Å²) in [4.78, 5) is 41.9. The molecule has 6 rings (SSSR count). The van der Waals surface area contributed by atoms with Crippen molar-refractivity contribution in [1.29, 1.82) is 0 Å². The Morgan fingerprint density at radius 2 is 1.73 bits per heavy atom. The number of aromatic carboxylic acids is 1. The van der Waals surface area contributed by atoms with E-state index in [-0.39, 0.29) is 23.4 Å². The van der Waals surface area contributed by atoms with E-state index in [0.717, 1.165) is 69.7 Å². The molecule has 5 heterocycles. The summed E-state index contributed by atoms with van der Waals surface area (Å²) >= 11 is 0. The molecule has 0 aromatic carbocycles. The quantitative estimate of drug-likeness (QED) is 0.296. The van der Waals surface area contributed by atoms with Crippen LogP contribution in [0.1, 0.15) is 107 Å². The fraction of sp³-hybridized carbons (Fsp3) is 0.394. The van der Waals surface area contributed by atoms with E-state index in [0.29, 0.717) is 23.9 Å². The van der Waals surface area contributed by atoms with Gasteiger partial charge in [0.05, 0.1) is 29.6 Å². The molecule has 3 aromatic heterocycles. The van der Waals surface area contributed by atoms with Crippen molar-refractivity contribution in [2.24, 2.45) is 0 Å². The van der Waals surface area contributed by atoms with Gasteiger partial charge >= 0.3 is 11.9 Å². The summed E-state index contributed by atoms with van der Waals surface area (Å²) in [7, 11) is 1.42. The summed E-state index contributed by atoms with van der Waals surface area (Å²) in [6.45, 7) is 10.3. The van der Waals surface area contributed by atoms with Gasteiger partial charge in [-0.15, -0.1) is 0 Å². The molecule has 2 aliphatic heterocycles. The number of carbonyl (C=O) groups is 2. The lowest BCUT2D eigenvalue weighted by Gasteiger charge is -2.16. The van der Waals surface area contributed by atoms with Gasteiger partial charge in [0.2, 0.25) is 0 Å². The molecule has 2 atom stereocenters. The molecule has 0 amide bonds. The van der Waals surface area contributed by atoms with Gasteiger partial charge in [0.25, 0.3) is 0 Å². The SMILES string of the molecule is CCc1c(C)c2cc3[nH]c(cc4nc(c5c6nc(cc1[nH]2)C(C)=C6CC5)C(CCC(=O)OC)[C@@H]4C)c(C)c3C(=O)O. The molecule has 0 spiro atoms. The van der Waals surface area contributed by atoms with Gasteiger partial charge in [0, 0.05) is 51.8 Å². The number of esters is 1. The van der Waals surface area contributed by atoms with Crippen molar-refractivity contribution in [2.45, 2.75) is 78.6 Å². The summed E-state index contributed by atoms with van der Waals surface area (Å²) in [5, 5.41) is 10.2. The smallest absolute Gasteiger partial charge is 0.338 e. The Bertz CT molecular complexity index is 1820. The Kier molecular flexibility index (Phi) is 6.59. The molecule has 1 aliphatic carbocycles. The third-order valence-corrected chi connectivity index (χ3v) is 9.33. The highest BCUT2D eigenvalue weighted by Gasteiger charge is 2.35. The number of ether oxygens (including phenoxy) is 1. The van der Waals surface area contributed by atoms with Crippen molar-refractivity contribution in [3.05, 3.63) is 68.8 Å². The predicted octanol–water partition coefficient (Wildman–Crippen LogP) is 6.91. The molecule has 0 saturated carbocycles. The minimum Gasteiger partial charge on any atom is -0.478 e. The average molecular weight is 553 g/mol. The third-order valence-electron chi connectivity index (χ3n) is 9.33. The highest BCUT2D eigenvalue weighted by Crippen LogP contribution is 2.47. The minimum atomic E-state index is -0.975. The predicted molar refractivity (Wildman–Crippen MR) is 160 cm³/mol. The molecule has 0 saturated heterocycles. The standard InChI is InChI=1S/C33H36N4O4/c1-7-19-15(2)23-14-28-30(33(39)40)18(5)26(35-28)12-24-17(4)21(10-11-29(38)41-6)32(36-24)22-9-8-20-16(3)25(37-31(20)22)13-27(19)34-23/h12-14,17,21,34-35H,7-11H2,1-6H3,(H,39,40)/t17-,21?/m0/s1. The number of allylic oxidation sites excluding steroid dienone is 2. The van der Waals surface area contributed by atoms with Gasteiger partial charge in [-0.25, -0.2) is 9.78 Å². The fourth-order valence-electron chi connectivity index (χ4n) is 6.90. The number of carboxylic acids is 1. The third kappa shape index (κ3) is 4.28. The second kappa shape index (κ2) is 10.0. The molecule has 212 valence electrons. The number of hydrogen-bond acceptors (Lipinski definition) is 5. The van der Waals surface area contributed by atoms with Crippen LogP contribution in [-0.4, -0.2) is 44.1 Å². The molecule has 3 N–H and O–H groups in total. The molecular weight excluding hydrogens is 516 g/mol. The van der Waals surface area contributed by atoms with Crippen LogP contribution in [0.3, 0.4) is 0 Å². The molecule has 0 fully saturated rings. The van der Waals surface area contributed by atoms with E-state index >= 15 is 0 Å². The number of carboxylic acid groups (broad SMARTS) is 1. The lowest BCUT2D eigenvalue weighted by molar-refractivity contribution is -0.140. The zero-order chi connectivity index (χ0) is 29.2. The van der Waals surface area contributed by atoms with Crippen LogP contribution in [0.5, 0.6) is 0 Å². The second-order valence-corrected chi connectivity index (χ2v) is 11.5. The molecule has 8 nitrogen and oxygen atoms in total. The fourth-order valence-corrected chi connectivity index (χ4v) is 6.90. The Labute approximate surface area is 238 Å². The van der Waals surface area contributed by atoms with E-state index in [1.807, 2.05) is 19.1 Å². The Hall–Kier alpha value is -4.20. The van der Waals surface area contributed by atoms with Crippen molar-refractivity contribution in [3.63, 3.8) is 0 Å². The topological polar surface area (TPSA) is 121 Å². The largest absolute Gasteiger partial charge is 0.478 e. The van der Waals surface area contributed by atoms with Crippen LogP contribution >= 0.6 is 0 Å². The molecule has 0 radical (unpaired) electrons. The number of aromatic amines is 2. The van der Waals surface area contributed by atoms with E-state index in [1.54, 1.807) is 0 Å². The summed E-state index contributed by atoms with van der Waals surface area (Å²) in [5.74, 6) is -1.15. The highest BCUT2D eigenvalue weighted by molar-refractivity contribution is 6.01. The van der Waals surface area contributed by atoms with E-state index in [1.165, 1.54) is 23.8 Å². The average Bonchev–Trinajstić information content (AvgIpc) is 3.70. The first kappa shape index (κ1) is 27.0. The van der Waals surface area contributed by atoms with Crippen LogP contribution in [0.2, 0.25) is 0 Å². The number of aromatic nitrogens is 4. The number of fused-ring (bicyclic) bond motifs is 8. The highest BCUT2D eigenvalue weighted by atomic mass is 16.5. The monoisotopic (exact) mass is 552 g/mol. The Balaban J connectivity index is 1.74. The Morgan fingerprint density at radius 1 is 1.00 bits per heavy atom. The normalized spacial score (nSPS) is 17.8. The van der Waals surface area contributed by atoms with Crippen LogP contribution in [0.4, 0.5) is 0 Å². The lowest BCUT2D eigenvalue weighted by Crippen LogP contribution is -2.09. The zero-order valence-electron chi connectivity index (χ0n) is 24.5. The lowest BCUT2D eigenvalue weighted by atomic mass is 9.85. The molecule has 41 heavy (non-hydrogen) atoms. The number of nitrogens with one attached hydrogen (secondary N) is 2. The van der Waals surface area contributed by atoms with Crippen LogP contribution < -0.4 is 0 Å². The van der Waals surface area contributed by atoms with Crippen molar-refractivity contribution in [3.8, 4) is 0 Å². The maximum absolute atomic E-state index is 12.4. The van der Waals surface area contributed by atoms with E-state index in [9.17, 15) is 14.7 Å². The van der Waals surface area contributed by atoms with Gasteiger partial charge in [-0.1, -0.05) is 13.8 Å². The van der Waals surface area contributed by atoms with Crippen molar-refractivity contribution >= 4 is 45.2 Å².